The standard InChI is InChI=1S/C17H26N2O2/c1-4-10-17(11-5-12-18-17)16(20)19-13(2)14-6-8-15(21-3)9-7-14/h6-9,13,18H,4-5,10-12H2,1-3H3,(H,19,20)/t13-,17?/m1/s1. The second-order valence-corrected chi connectivity index (χ2v) is 5.83. The van der Waals surface area contributed by atoms with Crippen LogP contribution in [0.3, 0.4) is 0 Å². The summed E-state index contributed by atoms with van der Waals surface area (Å²) in [4.78, 5) is 12.7. The van der Waals surface area contributed by atoms with Crippen molar-refractivity contribution in [2.45, 2.75) is 51.1 Å². The minimum Gasteiger partial charge on any atom is -0.497 e. The molecule has 0 spiro atoms. The minimum atomic E-state index is -0.366. The van der Waals surface area contributed by atoms with E-state index in [4.69, 9.17) is 4.74 Å². The van der Waals surface area contributed by atoms with E-state index >= 15 is 0 Å². The molecule has 1 heterocycles. The van der Waals surface area contributed by atoms with E-state index < -0.39 is 0 Å². The summed E-state index contributed by atoms with van der Waals surface area (Å²) < 4.78 is 5.16. The summed E-state index contributed by atoms with van der Waals surface area (Å²) in [5.74, 6) is 0.961. The highest BCUT2D eigenvalue weighted by Crippen LogP contribution is 2.26. The average molecular weight is 290 g/mol. The van der Waals surface area contributed by atoms with E-state index in [2.05, 4.69) is 17.6 Å². The molecular weight excluding hydrogens is 264 g/mol. The third kappa shape index (κ3) is 3.56. The first kappa shape index (κ1) is 15.8. The van der Waals surface area contributed by atoms with Gasteiger partial charge in [-0.3, -0.25) is 4.79 Å². The number of carbonyl (C=O) groups excluding carboxylic acids is 1. The van der Waals surface area contributed by atoms with Crippen LogP contribution in [-0.4, -0.2) is 25.1 Å². The lowest BCUT2D eigenvalue weighted by molar-refractivity contribution is -0.128. The quantitative estimate of drug-likeness (QED) is 0.847. The molecule has 1 aliphatic heterocycles. The largest absolute Gasteiger partial charge is 0.497 e. The fourth-order valence-corrected chi connectivity index (χ4v) is 3.06. The molecule has 2 rings (SSSR count). The molecule has 1 amide bonds. The molecule has 1 aliphatic rings. The van der Waals surface area contributed by atoms with Gasteiger partial charge < -0.3 is 15.4 Å². The number of ether oxygens (including phenoxy) is 1. The van der Waals surface area contributed by atoms with Gasteiger partial charge in [0.2, 0.25) is 5.91 Å². The molecule has 1 fully saturated rings. The van der Waals surface area contributed by atoms with Crippen LogP contribution in [0.1, 0.15) is 51.1 Å². The predicted octanol–water partition coefficient (Wildman–Crippen LogP) is 2.79. The molecule has 1 aromatic rings. The van der Waals surface area contributed by atoms with Gasteiger partial charge in [-0.2, -0.15) is 0 Å². The lowest BCUT2D eigenvalue weighted by Crippen LogP contribution is -2.53. The Hall–Kier alpha value is -1.55. The molecule has 4 heteroatoms. The molecule has 21 heavy (non-hydrogen) atoms. The third-order valence-corrected chi connectivity index (χ3v) is 4.32. The fraction of sp³-hybridized carbons (Fsp3) is 0.588. The van der Waals surface area contributed by atoms with E-state index in [1.165, 1.54) is 0 Å². The smallest absolute Gasteiger partial charge is 0.240 e. The van der Waals surface area contributed by atoms with Gasteiger partial charge in [0.1, 0.15) is 5.75 Å². The van der Waals surface area contributed by atoms with E-state index in [1.807, 2.05) is 31.2 Å². The topological polar surface area (TPSA) is 50.4 Å². The maximum absolute atomic E-state index is 12.7. The molecule has 0 aromatic heterocycles. The van der Waals surface area contributed by atoms with Gasteiger partial charge in [0.15, 0.2) is 0 Å². The van der Waals surface area contributed by atoms with Gasteiger partial charge >= 0.3 is 0 Å². The van der Waals surface area contributed by atoms with Gasteiger partial charge in [0, 0.05) is 0 Å². The zero-order valence-electron chi connectivity index (χ0n) is 13.2. The Morgan fingerprint density at radius 3 is 2.67 bits per heavy atom. The highest BCUT2D eigenvalue weighted by Gasteiger charge is 2.40. The van der Waals surface area contributed by atoms with Crippen molar-refractivity contribution < 1.29 is 9.53 Å². The van der Waals surface area contributed by atoms with Crippen LogP contribution in [0.5, 0.6) is 5.75 Å². The van der Waals surface area contributed by atoms with Gasteiger partial charge in [0.25, 0.3) is 0 Å². The SMILES string of the molecule is CCCC1(C(=O)N[C@H](C)c2ccc(OC)cc2)CCCN1. The van der Waals surface area contributed by atoms with Crippen LogP contribution in [0.25, 0.3) is 0 Å². The number of nitrogens with one attached hydrogen (secondary N) is 2. The van der Waals surface area contributed by atoms with E-state index in [0.29, 0.717) is 0 Å². The number of amides is 1. The average Bonchev–Trinajstić information content (AvgIpc) is 2.97. The summed E-state index contributed by atoms with van der Waals surface area (Å²) in [7, 11) is 1.65. The fourth-order valence-electron chi connectivity index (χ4n) is 3.06. The highest BCUT2D eigenvalue weighted by molar-refractivity contribution is 5.87. The first-order chi connectivity index (χ1) is 10.1. The second kappa shape index (κ2) is 6.94. The Morgan fingerprint density at radius 2 is 2.14 bits per heavy atom. The van der Waals surface area contributed by atoms with E-state index in [0.717, 1.165) is 43.5 Å². The second-order valence-electron chi connectivity index (χ2n) is 5.83. The summed E-state index contributed by atoms with van der Waals surface area (Å²) in [6.07, 6.45) is 3.91. The number of hydrogen-bond acceptors (Lipinski definition) is 3. The zero-order valence-corrected chi connectivity index (χ0v) is 13.2. The van der Waals surface area contributed by atoms with Gasteiger partial charge in [-0.15, -0.1) is 0 Å². The van der Waals surface area contributed by atoms with Gasteiger partial charge in [-0.25, -0.2) is 0 Å². The molecule has 2 atom stereocenters. The first-order valence-electron chi connectivity index (χ1n) is 7.81. The van der Waals surface area contributed by atoms with E-state index in [-0.39, 0.29) is 17.5 Å². The summed E-state index contributed by atoms with van der Waals surface area (Å²) in [6, 6.07) is 7.84. The molecule has 116 valence electrons. The normalized spacial score (nSPS) is 22.8. The molecule has 0 bridgehead atoms. The van der Waals surface area contributed by atoms with Crippen molar-refractivity contribution in [3.63, 3.8) is 0 Å². The van der Waals surface area contributed by atoms with Crippen LogP contribution in [-0.2, 0) is 4.79 Å². The summed E-state index contributed by atoms with van der Waals surface area (Å²) in [5.41, 5.74) is 0.726. The van der Waals surface area contributed by atoms with E-state index in [1.54, 1.807) is 7.11 Å². The van der Waals surface area contributed by atoms with Crippen molar-refractivity contribution in [2.75, 3.05) is 13.7 Å². The summed E-state index contributed by atoms with van der Waals surface area (Å²) in [5, 5.41) is 6.57. The maximum atomic E-state index is 12.7. The number of rotatable bonds is 6. The van der Waals surface area contributed by atoms with Crippen molar-refractivity contribution in [3.05, 3.63) is 29.8 Å². The number of benzene rings is 1. The summed E-state index contributed by atoms with van der Waals surface area (Å²) >= 11 is 0. The molecular formula is C17H26N2O2. The van der Waals surface area contributed by atoms with Crippen molar-refractivity contribution in [1.29, 1.82) is 0 Å². The van der Waals surface area contributed by atoms with E-state index in [9.17, 15) is 4.79 Å². The van der Waals surface area contributed by atoms with Crippen LogP contribution in [0.15, 0.2) is 24.3 Å². The summed E-state index contributed by atoms with van der Waals surface area (Å²) in [6.45, 7) is 5.08. The monoisotopic (exact) mass is 290 g/mol. The molecule has 0 saturated carbocycles. The molecule has 0 radical (unpaired) electrons. The maximum Gasteiger partial charge on any atom is 0.240 e. The van der Waals surface area contributed by atoms with Crippen molar-refractivity contribution >= 4 is 5.91 Å². The van der Waals surface area contributed by atoms with Crippen molar-refractivity contribution in [1.82, 2.24) is 10.6 Å². The van der Waals surface area contributed by atoms with Gasteiger partial charge in [0.05, 0.1) is 18.7 Å². The number of methoxy groups -OCH3 is 1. The van der Waals surface area contributed by atoms with Crippen LogP contribution in [0.4, 0.5) is 0 Å². The van der Waals surface area contributed by atoms with Gasteiger partial charge in [-0.05, 0) is 50.4 Å². The molecule has 1 aromatic carbocycles. The highest BCUT2D eigenvalue weighted by atomic mass is 16.5. The third-order valence-electron chi connectivity index (χ3n) is 4.32. The minimum absolute atomic E-state index is 0.000428. The lowest BCUT2D eigenvalue weighted by atomic mass is 9.90. The Kier molecular flexibility index (Phi) is 5.23. The Balaban J connectivity index is 2.03. The Bertz CT molecular complexity index is 464. The lowest BCUT2D eigenvalue weighted by Gasteiger charge is -2.29. The molecule has 2 N–H and O–H groups in total. The number of carbonyl (C=O) groups is 1. The number of hydrogen-bond donors (Lipinski definition) is 2. The Morgan fingerprint density at radius 1 is 1.43 bits per heavy atom. The Labute approximate surface area is 127 Å². The van der Waals surface area contributed by atoms with Crippen LogP contribution in [0, 0.1) is 0 Å². The molecule has 4 nitrogen and oxygen atoms in total. The van der Waals surface area contributed by atoms with Crippen LogP contribution in [0.2, 0.25) is 0 Å². The predicted molar refractivity (Wildman–Crippen MR) is 84.4 cm³/mol. The van der Waals surface area contributed by atoms with Crippen LogP contribution < -0.4 is 15.4 Å². The molecule has 0 aliphatic carbocycles. The molecule has 1 saturated heterocycles. The van der Waals surface area contributed by atoms with Crippen molar-refractivity contribution in [2.24, 2.45) is 0 Å². The van der Waals surface area contributed by atoms with Crippen LogP contribution >= 0.6 is 0 Å². The molecule has 1 unspecified atom stereocenters. The zero-order chi connectivity index (χ0) is 15.3. The first-order valence-corrected chi connectivity index (χ1v) is 7.81. The van der Waals surface area contributed by atoms with Crippen molar-refractivity contribution in [3.8, 4) is 5.75 Å². The van der Waals surface area contributed by atoms with Gasteiger partial charge in [-0.1, -0.05) is 25.5 Å².